The van der Waals surface area contributed by atoms with E-state index in [-0.39, 0.29) is 11.9 Å². The number of nitrogens with one attached hydrogen (secondary N) is 1. The lowest BCUT2D eigenvalue weighted by Gasteiger charge is -2.31. The molecule has 0 radical (unpaired) electrons. The van der Waals surface area contributed by atoms with E-state index in [2.05, 4.69) is 26.2 Å². The number of pyridine rings is 1. The fraction of sp³-hybridized carbons (Fsp3) is 0.333. The predicted octanol–water partition coefficient (Wildman–Crippen LogP) is 3.74. The first kappa shape index (κ1) is 16.1. The highest BCUT2D eigenvalue weighted by molar-refractivity contribution is 9.10. The van der Waals surface area contributed by atoms with E-state index in [0.717, 1.165) is 36.1 Å². The Morgan fingerprint density at radius 3 is 2.78 bits per heavy atom. The fourth-order valence-electron chi connectivity index (χ4n) is 2.94. The van der Waals surface area contributed by atoms with E-state index < -0.39 is 0 Å². The predicted molar refractivity (Wildman–Crippen MR) is 92.1 cm³/mol. The zero-order valence-electron chi connectivity index (χ0n) is 12.7. The van der Waals surface area contributed by atoms with Crippen molar-refractivity contribution in [2.75, 3.05) is 13.2 Å². The van der Waals surface area contributed by atoms with Crippen LogP contribution in [0.3, 0.4) is 0 Å². The summed E-state index contributed by atoms with van der Waals surface area (Å²) in [4.78, 5) is 16.8. The lowest BCUT2D eigenvalue weighted by Crippen LogP contribution is -2.36. The number of ether oxygens (including phenoxy) is 1. The van der Waals surface area contributed by atoms with Gasteiger partial charge in [0.05, 0.1) is 6.04 Å². The van der Waals surface area contributed by atoms with Crippen molar-refractivity contribution in [3.63, 3.8) is 0 Å². The van der Waals surface area contributed by atoms with Crippen LogP contribution in [-0.2, 0) is 4.74 Å². The Morgan fingerprint density at radius 2 is 2.09 bits per heavy atom. The molecule has 1 N–H and O–H groups in total. The summed E-state index contributed by atoms with van der Waals surface area (Å²) in [7, 11) is 0. The Bertz CT molecular complexity index is 657. The Labute approximate surface area is 144 Å². The van der Waals surface area contributed by atoms with E-state index in [1.54, 1.807) is 6.20 Å². The van der Waals surface area contributed by atoms with Gasteiger partial charge in [0.15, 0.2) is 0 Å². The van der Waals surface area contributed by atoms with Gasteiger partial charge >= 0.3 is 0 Å². The Hall–Kier alpha value is -1.72. The molecule has 1 saturated heterocycles. The van der Waals surface area contributed by atoms with E-state index in [1.807, 2.05) is 42.6 Å². The van der Waals surface area contributed by atoms with Gasteiger partial charge in [0.25, 0.3) is 5.91 Å². The van der Waals surface area contributed by atoms with Crippen LogP contribution in [0.25, 0.3) is 0 Å². The number of benzene rings is 1. The number of amides is 1. The van der Waals surface area contributed by atoms with Crippen LogP contribution in [0.1, 0.15) is 34.8 Å². The quantitative estimate of drug-likeness (QED) is 0.886. The van der Waals surface area contributed by atoms with Gasteiger partial charge in [-0.2, -0.15) is 0 Å². The number of halogens is 1. The van der Waals surface area contributed by atoms with E-state index in [4.69, 9.17) is 4.74 Å². The maximum absolute atomic E-state index is 12.6. The summed E-state index contributed by atoms with van der Waals surface area (Å²) >= 11 is 3.41. The van der Waals surface area contributed by atoms with Gasteiger partial charge in [0.2, 0.25) is 0 Å². The highest BCUT2D eigenvalue weighted by atomic mass is 79.9. The van der Waals surface area contributed by atoms with Crippen molar-refractivity contribution < 1.29 is 9.53 Å². The zero-order chi connectivity index (χ0) is 16.1. The van der Waals surface area contributed by atoms with Crippen molar-refractivity contribution in [2.24, 2.45) is 5.92 Å². The summed E-state index contributed by atoms with van der Waals surface area (Å²) in [5, 5.41) is 3.19. The Kier molecular flexibility index (Phi) is 5.41. The van der Waals surface area contributed by atoms with Gasteiger partial charge in [-0.05, 0) is 48.6 Å². The van der Waals surface area contributed by atoms with Crippen molar-refractivity contribution in [1.82, 2.24) is 10.3 Å². The molecule has 0 bridgehead atoms. The summed E-state index contributed by atoms with van der Waals surface area (Å²) in [6, 6.07) is 11.3. The molecule has 0 spiro atoms. The molecule has 2 aromatic rings. The van der Waals surface area contributed by atoms with Crippen LogP contribution in [0.5, 0.6) is 0 Å². The lowest BCUT2D eigenvalue weighted by atomic mass is 9.87. The molecule has 1 aliphatic rings. The Balaban J connectivity index is 1.82. The van der Waals surface area contributed by atoms with Crippen LogP contribution < -0.4 is 5.32 Å². The number of aromatic nitrogens is 1. The van der Waals surface area contributed by atoms with Gasteiger partial charge in [0.1, 0.15) is 0 Å². The summed E-state index contributed by atoms with van der Waals surface area (Å²) in [6.45, 7) is 1.49. The van der Waals surface area contributed by atoms with Crippen LogP contribution in [0.4, 0.5) is 0 Å². The van der Waals surface area contributed by atoms with E-state index in [0.29, 0.717) is 11.5 Å². The monoisotopic (exact) mass is 374 g/mol. The first-order valence-electron chi connectivity index (χ1n) is 7.78. The number of hydrogen-bond donors (Lipinski definition) is 1. The second-order valence-electron chi connectivity index (χ2n) is 5.70. The first-order chi connectivity index (χ1) is 11.2. The zero-order valence-corrected chi connectivity index (χ0v) is 14.3. The van der Waals surface area contributed by atoms with Crippen LogP contribution in [-0.4, -0.2) is 24.1 Å². The van der Waals surface area contributed by atoms with Crippen molar-refractivity contribution in [1.29, 1.82) is 0 Å². The summed E-state index contributed by atoms with van der Waals surface area (Å²) in [6.07, 6.45) is 5.47. The van der Waals surface area contributed by atoms with Crippen molar-refractivity contribution in [3.05, 3.63) is 64.4 Å². The average molecular weight is 375 g/mol. The van der Waals surface area contributed by atoms with Crippen LogP contribution in [0, 0.1) is 5.92 Å². The number of nitrogens with zero attached hydrogens (tertiary/aromatic N) is 1. The summed E-state index contributed by atoms with van der Waals surface area (Å²) in [5.74, 6) is 0.302. The number of hydrogen-bond acceptors (Lipinski definition) is 3. The topological polar surface area (TPSA) is 51.2 Å². The van der Waals surface area contributed by atoms with Gasteiger partial charge in [-0.15, -0.1) is 0 Å². The molecule has 4 nitrogen and oxygen atoms in total. The van der Waals surface area contributed by atoms with Gasteiger partial charge < -0.3 is 10.1 Å². The summed E-state index contributed by atoms with van der Waals surface area (Å²) < 4.78 is 6.35. The van der Waals surface area contributed by atoms with Crippen LogP contribution >= 0.6 is 15.9 Å². The molecule has 1 aliphatic heterocycles. The smallest absolute Gasteiger partial charge is 0.251 e. The maximum Gasteiger partial charge on any atom is 0.251 e. The normalized spacial score (nSPS) is 16.7. The van der Waals surface area contributed by atoms with E-state index in [1.165, 1.54) is 0 Å². The van der Waals surface area contributed by atoms with E-state index in [9.17, 15) is 4.79 Å². The molecule has 1 unspecified atom stereocenters. The molecule has 120 valence electrons. The SMILES string of the molecule is O=C(NC(c1cccnc1)C1CCOCC1)c1cccc(Br)c1. The second kappa shape index (κ2) is 7.70. The number of rotatable bonds is 4. The molecular formula is C18H19BrN2O2. The molecule has 5 heteroatoms. The molecule has 2 heterocycles. The lowest BCUT2D eigenvalue weighted by molar-refractivity contribution is 0.0513. The van der Waals surface area contributed by atoms with Crippen molar-refractivity contribution in [2.45, 2.75) is 18.9 Å². The molecule has 1 amide bonds. The highest BCUT2D eigenvalue weighted by Crippen LogP contribution is 2.30. The second-order valence-corrected chi connectivity index (χ2v) is 6.61. The largest absolute Gasteiger partial charge is 0.381 e. The molecule has 23 heavy (non-hydrogen) atoms. The van der Waals surface area contributed by atoms with Gasteiger partial charge in [-0.3, -0.25) is 9.78 Å². The minimum Gasteiger partial charge on any atom is -0.381 e. The fourth-order valence-corrected chi connectivity index (χ4v) is 3.34. The Morgan fingerprint density at radius 1 is 1.26 bits per heavy atom. The van der Waals surface area contributed by atoms with Crippen molar-refractivity contribution in [3.8, 4) is 0 Å². The maximum atomic E-state index is 12.6. The minimum absolute atomic E-state index is 0.0425. The molecule has 0 saturated carbocycles. The molecule has 1 atom stereocenters. The minimum atomic E-state index is -0.0633. The molecular weight excluding hydrogens is 356 g/mol. The molecule has 1 fully saturated rings. The standard InChI is InChI=1S/C18H19BrN2O2/c19-16-5-1-3-14(11-16)18(22)21-17(13-6-9-23-10-7-13)15-4-2-8-20-12-15/h1-5,8,11-13,17H,6-7,9-10H2,(H,21,22). The molecule has 1 aromatic carbocycles. The van der Waals surface area contributed by atoms with Crippen LogP contribution in [0.2, 0.25) is 0 Å². The molecule has 1 aromatic heterocycles. The third-order valence-electron chi connectivity index (χ3n) is 4.15. The number of carbonyl (C=O) groups is 1. The molecule has 0 aliphatic carbocycles. The van der Waals surface area contributed by atoms with E-state index >= 15 is 0 Å². The highest BCUT2D eigenvalue weighted by Gasteiger charge is 2.27. The van der Waals surface area contributed by atoms with Crippen LogP contribution in [0.15, 0.2) is 53.3 Å². The number of carbonyl (C=O) groups excluding carboxylic acids is 1. The average Bonchev–Trinajstić information content (AvgIpc) is 2.61. The third-order valence-corrected chi connectivity index (χ3v) is 4.65. The van der Waals surface area contributed by atoms with Gasteiger partial charge in [-0.25, -0.2) is 0 Å². The first-order valence-corrected chi connectivity index (χ1v) is 8.57. The van der Waals surface area contributed by atoms with Gasteiger partial charge in [-0.1, -0.05) is 28.1 Å². The molecule has 3 rings (SSSR count). The van der Waals surface area contributed by atoms with Crippen molar-refractivity contribution >= 4 is 21.8 Å². The van der Waals surface area contributed by atoms with Gasteiger partial charge in [0, 0.05) is 35.6 Å². The summed E-state index contributed by atoms with van der Waals surface area (Å²) in [5.41, 5.74) is 1.70. The third kappa shape index (κ3) is 4.18.